The van der Waals surface area contributed by atoms with Gasteiger partial charge < -0.3 is 11.1 Å². The number of fused-ring (bicyclic) bond motifs is 2. The zero-order valence-electron chi connectivity index (χ0n) is 14.2. The molecule has 25 heavy (non-hydrogen) atoms. The van der Waals surface area contributed by atoms with Crippen molar-refractivity contribution in [1.29, 1.82) is 0 Å². The van der Waals surface area contributed by atoms with Crippen LogP contribution in [0.1, 0.15) is 55.3 Å². The monoisotopic (exact) mass is 384 g/mol. The van der Waals surface area contributed by atoms with Crippen LogP contribution in [-0.4, -0.2) is 23.8 Å². The average molecular weight is 385 g/mol. The van der Waals surface area contributed by atoms with E-state index in [2.05, 4.69) is 5.32 Å². The number of Topliss-reactive ketones (excluding diaryl/α,β-unsaturated/α-hetero) is 1. The minimum atomic E-state index is -0.0207. The SMILES string of the molecule is Cl.NC1CC2CCCC(C1)C2NC(=O)CCC(=O)c1ccc(Cl)cc1. The molecule has 2 bridgehead atoms. The molecule has 2 aliphatic carbocycles. The van der Waals surface area contributed by atoms with E-state index in [0.717, 1.165) is 25.7 Å². The predicted molar refractivity (Wildman–Crippen MR) is 102 cm³/mol. The summed E-state index contributed by atoms with van der Waals surface area (Å²) in [5, 5.41) is 3.79. The summed E-state index contributed by atoms with van der Waals surface area (Å²) in [6, 6.07) is 7.32. The molecule has 0 radical (unpaired) electrons. The fourth-order valence-corrected chi connectivity index (χ4v) is 4.42. The Balaban J connectivity index is 0.00000225. The number of nitrogens with two attached hydrogens (primary N) is 1. The van der Waals surface area contributed by atoms with E-state index in [0.29, 0.717) is 22.4 Å². The first-order valence-electron chi connectivity index (χ1n) is 8.86. The molecule has 0 aliphatic heterocycles. The van der Waals surface area contributed by atoms with Gasteiger partial charge in [-0.15, -0.1) is 12.4 Å². The molecule has 0 saturated heterocycles. The van der Waals surface area contributed by atoms with Gasteiger partial charge in [-0.1, -0.05) is 18.0 Å². The third kappa shape index (κ3) is 5.19. The zero-order chi connectivity index (χ0) is 17.1. The maximum Gasteiger partial charge on any atom is 0.220 e. The Kier molecular flexibility index (Phi) is 7.29. The van der Waals surface area contributed by atoms with Crippen LogP contribution in [0.4, 0.5) is 0 Å². The topological polar surface area (TPSA) is 72.2 Å². The lowest BCUT2D eigenvalue weighted by atomic mass is 9.67. The Morgan fingerprint density at radius 2 is 1.68 bits per heavy atom. The number of halogens is 2. The van der Waals surface area contributed by atoms with Crippen molar-refractivity contribution in [2.45, 2.75) is 57.0 Å². The molecule has 2 fully saturated rings. The standard InChI is InChI=1S/C19H25ClN2O2.ClH/c20-15-6-4-12(5-7-15)17(23)8-9-18(24)22-19-13-2-1-3-14(19)11-16(21)10-13;/h4-7,13-14,16,19H,1-3,8-11,21H2,(H,22,24);1H. The second kappa shape index (κ2) is 9.02. The summed E-state index contributed by atoms with van der Waals surface area (Å²) in [7, 11) is 0. The highest BCUT2D eigenvalue weighted by Gasteiger charge is 2.39. The number of amides is 1. The van der Waals surface area contributed by atoms with Gasteiger partial charge in [-0.25, -0.2) is 0 Å². The van der Waals surface area contributed by atoms with Crippen LogP contribution in [-0.2, 0) is 4.79 Å². The van der Waals surface area contributed by atoms with Gasteiger partial charge in [-0.05, 0) is 61.8 Å². The van der Waals surface area contributed by atoms with Gasteiger partial charge >= 0.3 is 0 Å². The summed E-state index contributed by atoms with van der Waals surface area (Å²) < 4.78 is 0. The molecule has 3 N–H and O–H groups in total. The summed E-state index contributed by atoms with van der Waals surface area (Å²) in [5.41, 5.74) is 6.73. The molecule has 1 aromatic rings. The maximum atomic E-state index is 12.3. The highest BCUT2D eigenvalue weighted by Crippen LogP contribution is 2.39. The van der Waals surface area contributed by atoms with Crippen molar-refractivity contribution in [3.63, 3.8) is 0 Å². The van der Waals surface area contributed by atoms with Gasteiger partial charge in [-0.3, -0.25) is 9.59 Å². The lowest BCUT2D eigenvalue weighted by Crippen LogP contribution is -2.53. The molecule has 1 aromatic carbocycles. The second-order valence-electron chi connectivity index (χ2n) is 7.21. The van der Waals surface area contributed by atoms with Gasteiger partial charge in [0.25, 0.3) is 0 Å². The van der Waals surface area contributed by atoms with Crippen LogP contribution in [0.5, 0.6) is 0 Å². The quantitative estimate of drug-likeness (QED) is 0.759. The fourth-order valence-electron chi connectivity index (χ4n) is 4.29. The first kappa shape index (κ1) is 20.2. The van der Waals surface area contributed by atoms with Gasteiger partial charge in [0.1, 0.15) is 0 Å². The Morgan fingerprint density at radius 3 is 2.28 bits per heavy atom. The highest BCUT2D eigenvalue weighted by molar-refractivity contribution is 6.30. The molecule has 6 heteroatoms. The van der Waals surface area contributed by atoms with Crippen LogP contribution in [0.3, 0.4) is 0 Å². The number of hydrogen-bond donors (Lipinski definition) is 2. The lowest BCUT2D eigenvalue weighted by molar-refractivity contribution is -0.123. The third-order valence-electron chi connectivity index (χ3n) is 5.45. The van der Waals surface area contributed by atoms with Crippen molar-refractivity contribution in [1.82, 2.24) is 5.32 Å². The number of ketones is 1. The predicted octanol–water partition coefficient (Wildman–Crippen LogP) is 3.75. The van der Waals surface area contributed by atoms with Gasteiger partial charge in [-0.2, -0.15) is 0 Å². The largest absolute Gasteiger partial charge is 0.353 e. The van der Waals surface area contributed by atoms with E-state index in [1.165, 1.54) is 6.42 Å². The van der Waals surface area contributed by atoms with Gasteiger partial charge in [0.15, 0.2) is 5.78 Å². The number of carbonyl (C=O) groups is 2. The molecular formula is C19H26Cl2N2O2. The normalized spacial score (nSPS) is 27.9. The number of rotatable bonds is 5. The molecule has 2 aliphatic rings. The lowest BCUT2D eigenvalue weighted by Gasteiger charge is -2.45. The third-order valence-corrected chi connectivity index (χ3v) is 5.70. The van der Waals surface area contributed by atoms with Crippen molar-refractivity contribution in [2.24, 2.45) is 17.6 Å². The zero-order valence-corrected chi connectivity index (χ0v) is 15.8. The van der Waals surface area contributed by atoms with Crippen LogP contribution in [0, 0.1) is 11.8 Å². The molecule has 2 atom stereocenters. The molecule has 4 nitrogen and oxygen atoms in total. The minimum Gasteiger partial charge on any atom is -0.353 e. The summed E-state index contributed by atoms with van der Waals surface area (Å²) in [6.45, 7) is 0. The van der Waals surface area contributed by atoms with E-state index in [-0.39, 0.29) is 49.0 Å². The molecule has 1 amide bonds. The van der Waals surface area contributed by atoms with E-state index in [1.54, 1.807) is 24.3 Å². The minimum absolute atomic E-state index is 0. The highest BCUT2D eigenvalue weighted by atomic mass is 35.5. The van der Waals surface area contributed by atoms with Crippen LogP contribution in [0.15, 0.2) is 24.3 Å². The average Bonchev–Trinajstić information content (AvgIpc) is 2.54. The maximum absolute atomic E-state index is 12.3. The van der Waals surface area contributed by atoms with Crippen molar-refractivity contribution in [3.8, 4) is 0 Å². The molecular weight excluding hydrogens is 359 g/mol. The van der Waals surface area contributed by atoms with E-state index in [4.69, 9.17) is 17.3 Å². The first-order chi connectivity index (χ1) is 11.5. The summed E-state index contributed by atoms with van der Waals surface area (Å²) in [4.78, 5) is 24.5. The van der Waals surface area contributed by atoms with Gasteiger partial charge in [0.2, 0.25) is 5.91 Å². The van der Waals surface area contributed by atoms with Crippen molar-refractivity contribution >= 4 is 35.7 Å². The Morgan fingerprint density at radius 1 is 1.08 bits per heavy atom. The number of hydrogen-bond acceptors (Lipinski definition) is 3. The van der Waals surface area contributed by atoms with Crippen LogP contribution < -0.4 is 11.1 Å². The smallest absolute Gasteiger partial charge is 0.220 e. The molecule has 0 aromatic heterocycles. The van der Waals surface area contributed by atoms with Gasteiger partial charge in [0.05, 0.1) is 0 Å². The van der Waals surface area contributed by atoms with Crippen LogP contribution in [0.2, 0.25) is 5.02 Å². The number of benzene rings is 1. The second-order valence-corrected chi connectivity index (χ2v) is 7.64. The van der Waals surface area contributed by atoms with Crippen LogP contribution in [0.25, 0.3) is 0 Å². The van der Waals surface area contributed by atoms with Crippen molar-refractivity contribution in [3.05, 3.63) is 34.9 Å². The molecule has 2 saturated carbocycles. The van der Waals surface area contributed by atoms with Crippen molar-refractivity contribution in [2.75, 3.05) is 0 Å². The van der Waals surface area contributed by atoms with E-state index < -0.39 is 0 Å². The van der Waals surface area contributed by atoms with Crippen LogP contribution >= 0.6 is 24.0 Å². The van der Waals surface area contributed by atoms with E-state index >= 15 is 0 Å². The fraction of sp³-hybridized carbons (Fsp3) is 0.579. The molecule has 138 valence electrons. The molecule has 0 heterocycles. The van der Waals surface area contributed by atoms with Gasteiger partial charge in [0, 0.05) is 35.5 Å². The Bertz CT molecular complexity index is 592. The Labute approximate surface area is 160 Å². The molecule has 2 unspecified atom stereocenters. The summed E-state index contributed by atoms with van der Waals surface area (Å²) in [5.74, 6) is 0.967. The summed E-state index contributed by atoms with van der Waals surface area (Å²) >= 11 is 5.82. The molecule has 0 spiro atoms. The summed E-state index contributed by atoms with van der Waals surface area (Å²) in [6.07, 6.45) is 6.02. The van der Waals surface area contributed by atoms with E-state index in [9.17, 15) is 9.59 Å². The number of carbonyl (C=O) groups excluding carboxylic acids is 2. The number of nitrogens with one attached hydrogen (secondary N) is 1. The molecule has 3 rings (SSSR count). The Hall–Kier alpha value is -1.10. The van der Waals surface area contributed by atoms with Crippen molar-refractivity contribution < 1.29 is 9.59 Å². The van der Waals surface area contributed by atoms with E-state index in [1.807, 2.05) is 0 Å². The first-order valence-corrected chi connectivity index (χ1v) is 9.24.